The maximum atomic E-state index is 11.7. The molecular formula is C14H20N2O2. The number of likely N-dealkylation sites (N-methyl/N-ethyl adjacent to an activating group) is 1. The first-order valence-electron chi connectivity index (χ1n) is 6.34. The van der Waals surface area contributed by atoms with Gasteiger partial charge in [0.1, 0.15) is 6.61 Å². The van der Waals surface area contributed by atoms with Gasteiger partial charge in [0.15, 0.2) is 0 Å². The van der Waals surface area contributed by atoms with Crippen molar-refractivity contribution in [1.82, 2.24) is 9.80 Å². The first kappa shape index (κ1) is 13.1. The molecule has 98 valence electrons. The van der Waals surface area contributed by atoms with E-state index in [0.29, 0.717) is 13.2 Å². The molecule has 4 nitrogen and oxygen atoms in total. The van der Waals surface area contributed by atoms with Gasteiger partial charge in [-0.05, 0) is 12.6 Å². The van der Waals surface area contributed by atoms with Crippen LogP contribution in [0.4, 0.5) is 0 Å². The van der Waals surface area contributed by atoms with Gasteiger partial charge in [-0.15, -0.1) is 0 Å². The Morgan fingerprint density at radius 1 is 1.17 bits per heavy atom. The van der Waals surface area contributed by atoms with E-state index in [-0.39, 0.29) is 5.97 Å². The van der Waals surface area contributed by atoms with Gasteiger partial charge in [-0.25, -0.2) is 0 Å². The number of hydrogen-bond donors (Lipinski definition) is 0. The normalized spacial score (nSPS) is 17.6. The van der Waals surface area contributed by atoms with Crippen molar-refractivity contribution in [2.75, 3.05) is 39.8 Å². The van der Waals surface area contributed by atoms with Gasteiger partial charge in [-0.3, -0.25) is 9.69 Å². The first-order chi connectivity index (χ1) is 8.74. The summed E-state index contributed by atoms with van der Waals surface area (Å²) in [5, 5.41) is 0. The van der Waals surface area contributed by atoms with E-state index in [1.54, 1.807) is 0 Å². The van der Waals surface area contributed by atoms with E-state index in [4.69, 9.17) is 4.74 Å². The number of hydrogen-bond acceptors (Lipinski definition) is 4. The molecule has 0 unspecified atom stereocenters. The van der Waals surface area contributed by atoms with Crippen molar-refractivity contribution in [1.29, 1.82) is 0 Å². The highest BCUT2D eigenvalue weighted by atomic mass is 16.5. The Morgan fingerprint density at radius 2 is 1.83 bits per heavy atom. The average Bonchev–Trinajstić information content (AvgIpc) is 2.40. The number of esters is 1. The van der Waals surface area contributed by atoms with Crippen LogP contribution in [0.15, 0.2) is 30.3 Å². The van der Waals surface area contributed by atoms with E-state index < -0.39 is 0 Å². The van der Waals surface area contributed by atoms with Gasteiger partial charge in [-0.1, -0.05) is 30.3 Å². The van der Waals surface area contributed by atoms with Gasteiger partial charge in [-0.2, -0.15) is 0 Å². The zero-order chi connectivity index (χ0) is 12.8. The number of rotatable bonds is 4. The van der Waals surface area contributed by atoms with Crippen LogP contribution in [0.5, 0.6) is 0 Å². The van der Waals surface area contributed by atoms with E-state index in [9.17, 15) is 4.79 Å². The number of ether oxygens (including phenoxy) is 1. The van der Waals surface area contributed by atoms with Crippen LogP contribution in [-0.2, 0) is 16.1 Å². The number of benzene rings is 1. The summed E-state index contributed by atoms with van der Waals surface area (Å²) in [7, 11) is 2.10. The molecule has 0 N–H and O–H groups in total. The van der Waals surface area contributed by atoms with Crippen LogP contribution < -0.4 is 0 Å². The molecule has 1 aliphatic heterocycles. The molecule has 18 heavy (non-hydrogen) atoms. The topological polar surface area (TPSA) is 32.8 Å². The Kier molecular flexibility index (Phi) is 4.73. The molecule has 0 spiro atoms. The van der Waals surface area contributed by atoms with E-state index in [1.165, 1.54) is 0 Å². The fraction of sp³-hybridized carbons (Fsp3) is 0.500. The first-order valence-corrected chi connectivity index (χ1v) is 6.34. The zero-order valence-electron chi connectivity index (χ0n) is 10.8. The highest BCUT2D eigenvalue weighted by molar-refractivity contribution is 5.71. The Hall–Kier alpha value is -1.39. The second-order valence-corrected chi connectivity index (χ2v) is 4.73. The summed E-state index contributed by atoms with van der Waals surface area (Å²) >= 11 is 0. The third kappa shape index (κ3) is 4.13. The van der Waals surface area contributed by atoms with Crippen molar-refractivity contribution in [3.05, 3.63) is 35.9 Å². The van der Waals surface area contributed by atoms with E-state index in [2.05, 4.69) is 16.8 Å². The van der Waals surface area contributed by atoms with E-state index in [0.717, 1.165) is 31.7 Å². The van der Waals surface area contributed by atoms with Crippen LogP contribution in [0.3, 0.4) is 0 Å². The summed E-state index contributed by atoms with van der Waals surface area (Å²) in [6.07, 6.45) is 0. The second kappa shape index (κ2) is 6.52. The molecule has 1 saturated heterocycles. The molecular weight excluding hydrogens is 228 g/mol. The summed E-state index contributed by atoms with van der Waals surface area (Å²) in [5.41, 5.74) is 1.03. The van der Waals surface area contributed by atoms with Crippen molar-refractivity contribution in [2.45, 2.75) is 6.61 Å². The van der Waals surface area contributed by atoms with Crippen LogP contribution in [0.25, 0.3) is 0 Å². The van der Waals surface area contributed by atoms with E-state index >= 15 is 0 Å². The lowest BCUT2D eigenvalue weighted by Gasteiger charge is -2.31. The standard InChI is InChI=1S/C14H20N2O2/c1-15-7-9-16(10-8-15)11-14(17)18-12-13-5-3-2-4-6-13/h2-6H,7-12H2,1H3. The smallest absolute Gasteiger partial charge is 0.320 e. The van der Waals surface area contributed by atoms with Crippen LogP contribution in [0.2, 0.25) is 0 Å². The Balaban J connectivity index is 1.69. The van der Waals surface area contributed by atoms with E-state index in [1.807, 2.05) is 30.3 Å². The largest absolute Gasteiger partial charge is 0.460 e. The molecule has 1 aromatic rings. The predicted molar refractivity (Wildman–Crippen MR) is 70.2 cm³/mol. The second-order valence-electron chi connectivity index (χ2n) is 4.73. The van der Waals surface area contributed by atoms with Crippen molar-refractivity contribution in [3.63, 3.8) is 0 Å². The van der Waals surface area contributed by atoms with Crippen molar-refractivity contribution >= 4 is 5.97 Å². The molecule has 1 heterocycles. The van der Waals surface area contributed by atoms with Crippen LogP contribution in [-0.4, -0.2) is 55.5 Å². The van der Waals surface area contributed by atoms with Crippen molar-refractivity contribution < 1.29 is 9.53 Å². The third-order valence-electron chi connectivity index (χ3n) is 3.19. The molecule has 1 fully saturated rings. The maximum Gasteiger partial charge on any atom is 0.320 e. The fourth-order valence-electron chi connectivity index (χ4n) is 1.97. The predicted octanol–water partition coefficient (Wildman–Crippen LogP) is 0.977. The lowest BCUT2D eigenvalue weighted by molar-refractivity contribution is -0.146. The molecule has 1 aliphatic rings. The molecule has 0 bridgehead atoms. The summed E-state index contributed by atoms with van der Waals surface area (Å²) in [5.74, 6) is -0.136. The highest BCUT2D eigenvalue weighted by Gasteiger charge is 2.17. The Bertz CT molecular complexity index is 373. The minimum Gasteiger partial charge on any atom is -0.460 e. The maximum absolute atomic E-state index is 11.7. The number of carbonyl (C=O) groups is 1. The van der Waals surface area contributed by atoms with Crippen molar-refractivity contribution in [2.24, 2.45) is 0 Å². The van der Waals surface area contributed by atoms with Gasteiger partial charge in [0, 0.05) is 26.2 Å². The van der Waals surface area contributed by atoms with Gasteiger partial charge in [0.05, 0.1) is 6.54 Å². The molecule has 4 heteroatoms. The fourth-order valence-corrected chi connectivity index (χ4v) is 1.97. The lowest BCUT2D eigenvalue weighted by Crippen LogP contribution is -2.46. The number of carbonyl (C=O) groups excluding carboxylic acids is 1. The Morgan fingerprint density at radius 3 is 2.50 bits per heavy atom. The lowest BCUT2D eigenvalue weighted by atomic mass is 10.2. The molecule has 0 radical (unpaired) electrons. The summed E-state index contributed by atoms with van der Waals surface area (Å²) in [4.78, 5) is 16.1. The Labute approximate surface area is 108 Å². The SMILES string of the molecule is CN1CCN(CC(=O)OCc2ccccc2)CC1. The molecule has 0 amide bonds. The van der Waals surface area contributed by atoms with Gasteiger partial charge < -0.3 is 9.64 Å². The van der Waals surface area contributed by atoms with Crippen LogP contribution >= 0.6 is 0 Å². The molecule has 0 atom stereocenters. The minimum atomic E-state index is -0.136. The molecule has 0 saturated carbocycles. The van der Waals surface area contributed by atoms with Gasteiger partial charge in [0.25, 0.3) is 0 Å². The molecule has 1 aromatic carbocycles. The van der Waals surface area contributed by atoms with Crippen molar-refractivity contribution in [3.8, 4) is 0 Å². The molecule has 0 aromatic heterocycles. The zero-order valence-corrected chi connectivity index (χ0v) is 10.8. The summed E-state index contributed by atoms with van der Waals surface area (Å²) in [6, 6.07) is 9.77. The summed E-state index contributed by atoms with van der Waals surface area (Å²) < 4.78 is 5.26. The highest BCUT2D eigenvalue weighted by Crippen LogP contribution is 2.03. The summed E-state index contributed by atoms with van der Waals surface area (Å²) in [6.45, 7) is 4.69. The third-order valence-corrected chi connectivity index (χ3v) is 3.19. The van der Waals surface area contributed by atoms with Crippen LogP contribution in [0.1, 0.15) is 5.56 Å². The van der Waals surface area contributed by atoms with Gasteiger partial charge >= 0.3 is 5.97 Å². The molecule has 2 rings (SSSR count). The van der Waals surface area contributed by atoms with Gasteiger partial charge in [0.2, 0.25) is 0 Å². The minimum absolute atomic E-state index is 0.136. The molecule has 0 aliphatic carbocycles. The quantitative estimate of drug-likeness (QED) is 0.744. The number of piperazine rings is 1. The average molecular weight is 248 g/mol. The van der Waals surface area contributed by atoms with Crippen LogP contribution in [0, 0.1) is 0 Å². The number of nitrogens with zero attached hydrogens (tertiary/aromatic N) is 2. The monoisotopic (exact) mass is 248 g/mol.